The van der Waals surface area contributed by atoms with Crippen molar-refractivity contribution >= 4 is 5.78 Å². The van der Waals surface area contributed by atoms with Gasteiger partial charge in [-0.1, -0.05) is 19.4 Å². The summed E-state index contributed by atoms with van der Waals surface area (Å²) in [6, 6.07) is 0. The molecule has 0 amide bonds. The molecule has 0 saturated heterocycles. The average molecular weight is 312 g/mol. The second kappa shape index (κ2) is 4.96. The Morgan fingerprint density at radius 2 is 2.00 bits per heavy atom. The zero-order valence-corrected chi connectivity index (χ0v) is 14.3. The quantitative estimate of drug-likeness (QED) is 0.692. The first-order valence-electron chi connectivity index (χ1n) is 9.28. The predicted octanol–water partition coefficient (Wildman–Crippen LogP) is 3.74. The minimum absolute atomic E-state index is 0.000265. The summed E-state index contributed by atoms with van der Waals surface area (Å²) in [7, 11) is 0. The van der Waals surface area contributed by atoms with Crippen LogP contribution in [0, 0.1) is 46.8 Å². The summed E-state index contributed by atoms with van der Waals surface area (Å²) in [5, 5.41) is 10.8. The van der Waals surface area contributed by atoms with Crippen LogP contribution >= 0.6 is 0 Å². The van der Waals surface area contributed by atoms with Gasteiger partial charge in [0.05, 0.1) is 6.10 Å². The molecule has 2 heteroatoms. The minimum Gasteiger partial charge on any atom is -0.391 e. The molecule has 0 aromatic rings. The van der Waals surface area contributed by atoms with Crippen molar-refractivity contribution in [2.75, 3.05) is 0 Å². The fourth-order valence-electron chi connectivity index (χ4n) is 6.74. The third kappa shape index (κ3) is 1.96. The largest absolute Gasteiger partial charge is 0.391 e. The summed E-state index contributed by atoms with van der Waals surface area (Å²) in [4.78, 5) is 11.8. The first-order chi connectivity index (χ1) is 10.9. The van der Waals surface area contributed by atoms with Gasteiger partial charge in [0.25, 0.3) is 0 Å². The smallest absolute Gasteiger partial charge is 0.155 e. The molecular formula is C21H28O2. The highest BCUT2D eigenvalue weighted by molar-refractivity contribution is 5.91. The molecule has 7 atom stereocenters. The van der Waals surface area contributed by atoms with Crippen LogP contribution in [0.15, 0.2) is 11.6 Å². The molecule has 23 heavy (non-hydrogen) atoms. The van der Waals surface area contributed by atoms with Crippen LogP contribution in [0.1, 0.15) is 58.8 Å². The van der Waals surface area contributed by atoms with E-state index in [9.17, 15) is 9.90 Å². The summed E-state index contributed by atoms with van der Waals surface area (Å²) in [5.74, 6) is 5.08. The molecule has 0 aromatic heterocycles. The molecule has 0 radical (unpaired) electrons. The van der Waals surface area contributed by atoms with E-state index in [1.54, 1.807) is 0 Å². The van der Waals surface area contributed by atoms with Gasteiger partial charge < -0.3 is 5.11 Å². The minimum atomic E-state index is -0.337. The third-order valence-electron chi connectivity index (χ3n) is 8.18. The van der Waals surface area contributed by atoms with Gasteiger partial charge in [-0.15, -0.1) is 12.3 Å². The number of terminal acetylenes is 1. The van der Waals surface area contributed by atoms with Crippen LogP contribution in [0.25, 0.3) is 0 Å². The maximum Gasteiger partial charge on any atom is 0.155 e. The van der Waals surface area contributed by atoms with E-state index in [4.69, 9.17) is 6.42 Å². The number of fused-ring (bicyclic) bond motifs is 5. The van der Waals surface area contributed by atoms with E-state index >= 15 is 0 Å². The fraction of sp³-hybridized carbons (Fsp3) is 0.762. The van der Waals surface area contributed by atoms with Crippen LogP contribution in [-0.2, 0) is 4.79 Å². The molecule has 0 bridgehead atoms. The number of carbonyl (C=O) groups excluding carboxylic acids is 1. The highest BCUT2D eigenvalue weighted by atomic mass is 16.3. The number of ketones is 1. The Hall–Kier alpha value is -1.07. The molecule has 4 aliphatic rings. The second-order valence-electron chi connectivity index (χ2n) is 8.97. The van der Waals surface area contributed by atoms with E-state index in [0.29, 0.717) is 30.0 Å². The van der Waals surface area contributed by atoms with E-state index < -0.39 is 0 Å². The van der Waals surface area contributed by atoms with Crippen molar-refractivity contribution in [3.63, 3.8) is 0 Å². The van der Waals surface area contributed by atoms with E-state index in [-0.39, 0.29) is 22.9 Å². The summed E-state index contributed by atoms with van der Waals surface area (Å²) >= 11 is 0. The van der Waals surface area contributed by atoms with E-state index in [2.05, 4.69) is 19.8 Å². The van der Waals surface area contributed by atoms with Crippen molar-refractivity contribution < 1.29 is 9.90 Å². The first-order valence-corrected chi connectivity index (χ1v) is 9.28. The van der Waals surface area contributed by atoms with Crippen molar-refractivity contribution in [2.24, 2.45) is 34.5 Å². The topological polar surface area (TPSA) is 37.3 Å². The van der Waals surface area contributed by atoms with Gasteiger partial charge in [0.1, 0.15) is 0 Å². The number of hydrogen-bond donors (Lipinski definition) is 1. The molecule has 1 N–H and O–H groups in total. The van der Waals surface area contributed by atoms with Crippen molar-refractivity contribution in [2.45, 2.75) is 64.9 Å². The molecule has 0 aromatic carbocycles. The van der Waals surface area contributed by atoms with Crippen LogP contribution in [-0.4, -0.2) is 17.0 Å². The van der Waals surface area contributed by atoms with Gasteiger partial charge in [0, 0.05) is 12.3 Å². The summed E-state index contributed by atoms with van der Waals surface area (Å²) in [6.07, 6.45) is 14.5. The second-order valence-corrected chi connectivity index (χ2v) is 8.97. The maximum atomic E-state index is 11.8. The number of aliphatic hydroxyl groups is 1. The Labute approximate surface area is 139 Å². The van der Waals surface area contributed by atoms with E-state index in [1.165, 1.54) is 18.4 Å². The fourth-order valence-corrected chi connectivity index (χ4v) is 6.74. The molecule has 3 fully saturated rings. The lowest BCUT2D eigenvalue weighted by Crippen LogP contribution is -2.51. The summed E-state index contributed by atoms with van der Waals surface area (Å²) in [5.41, 5.74) is 1.61. The monoisotopic (exact) mass is 312 g/mol. The van der Waals surface area contributed by atoms with Crippen LogP contribution < -0.4 is 0 Å². The highest BCUT2D eigenvalue weighted by Crippen LogP contribution is 2.65. The van der Waals surface area contributed by atoms with Crippen LogP contribution in [0.5, 0.6) is 0 Å². The van der Waals surface area contributed by atoms with Gasteiger partial charge in [-0.25, -0.2) is 0 Å². The van der Waals surface area contributed by atoms with Crippen molar-refractivity contribution in [1.29, 1.82) is 0 Å². The molecule has 2 nitrogen and oxygen atoms in total. The SMILES string of the molecule is C#C[C@H]1C[C@H]2[C@@H]3CCC4=CC(=O)CC[C@]4(C)[C@H]3CC[C@]2(C)[C@@H]1O. The summed E-state index contributed by atoms with van der Waals surface area (Å²) < 4.78 is 0. The Kier molecular flexibility index (Phi) is 3.34. The maximum absolute atomic E-state index is 11.8. The molecular weight excluding hydrogens is 284 g/mol. The van der Waals surface area contributed by atoms with E-state index in [0.717, 1.165) is 25.7 Å². The van der Waals surface area contributed by atoms with E-state index in [1.807, 2.05) is 6.08 Å². The lowest BCUT2D eigenvalue weighted by atomic mass is 9.47. The normalized spacial score (nSPS) is 52.0. The van der Waals surface area contributed by atoms with Crippen molar-refractivity contribution in [1.82, 2.24) is 0 Å². The third-order valence-corrected chi connectivity index (χ3v) is 8.18. The molecule has 0 heterocycles. The first kappa shape index (κ1) is 15.5. The van der Waals surface area contributed by atoms with Crippen molar-refractivity contribution in [3.8, 4) is 12.3 Å². The van der Waals surface area contributed by atoms with Gasteiger partial charge in [-0.05, 0) is 73.2 Å². The molecule has 4 aliphatic carbocycles. The molecule has 3 saturated carbocycles. The number of aliphatic hydroxyl groups excluding tert-OH is 1. The highest BCUT2D eigenvalue weighted by Gasteiger charge is 2.60. The molecule has 0 aliphatic heterocycles. The lowest BCUT2D eigenvalue weighted by molar-refractivity contribution is -0.118. The Morgan fingerprint density at radius 1 is 1.22 bits per heavy atom. The lowest BCUT2D eigenvalue weighted by Gasteiger charge is -2.57. The number of allylic oxidation sites excluding steroid dienone is 1. The predicted molar refractivity (Wildman–Crippen MR) is 90.4 cm³/mol. The number of carbonyl (C=O) groups is 1. The molecule has 124 valence electrons. The zero-order chi connectivity index (χ0) is 16.4. The molecule has 4 rings (SSSR count). The Bertz CT molecular complexity index is 612. The zero-order valence-electron chi connectivity index (χ0n) is 14.3. The molecule has 0 unspecified atom stereocenters. The Balaban J connectivity index is 1.69. The van der Waals surface area contributed by atoms with Crippen LogP contribution in [0.4, 0.5) is 0 Å². The van der Waals surface area contributed by atoms with Gasteiger partial charge >= 0.3 is 0 Å². The average Bonchev–Trinajstić information content (AvgIpc) is 2.79. The van der Waals surface area contributed by atoms with Crippen LogP contribution in [0.3, 0.4) is 0 Å². The van der Waals surface area contributed by atoms with Crippen LogP contribution in [0.2, 0.25) is 0 Å². The number of rotatable bonds is 0. The standard InChI is InChI=1S/C21H28O2/c1-4-13-11-18-16-6-5-14-12-15(22)7-9-20(14,2)17(16)8-10-21(18,3)19(13)23/h1,12-13,16-19,23H,5-11H2,2-3H3/t13-,16+,17-,18-,19+,20-,21-/m0/s1. The Morgan fingerprint density at radius 3 is 2.74 bits per heavy atom. The van der Waals surface area contributed by atoms with Gasteiger partial charge in [0.2, 0.25) is 0 Å². The van der Waals surface area contributed by atoms with Gasteiger partial charge in [0.15, 0.2) is 5.78 Å². The van der Waals surface area contributed by atoms with Gasteiger partial charge in [-0.2, -0.15) is 0 Å². The van der Waals surface area contributed by atoms with Gasteiger partial charge in [-0.3, -0.25) is 4.79 Å². The van der Waals surface area contributed by atoms with Crippen molar-refractivity contribution in [3.05, 3.63) is 11.6 Å². The number of hydrogen-bond acceptors (Lipinski definition) is 2. The summed E-state index contributed by atoms with van der Waals surface area (Å²) in [6.45, 7) is 4.67. The molecule has 0 spiro atoms.